The molecule has 0 radical (unpaired) electrons. The normalized spacial score (nSPS) is 19.3. The van der Waals surface area contributed by atoms with Gasteiger partial charge in [-0.2, -0.15) is 0 Å². The van der Waals surface area contributed by atoms with E-state index in [1.807, 2.05) is 19.9 Å². The standard InChI is InChI=1S/C36H57NO4/c1-6-7-8-9-10-11-12-13-14-15-16-17-18-19-20-21-22-23-24-27-32(38)40-31-26-30-37-34(39)33-35(2,3)28-25-29-36(4,5)41-33/h7-8,10-11,13-14,16-17,19-20,22-23,33H,6,9,12,15,18,21,24-31H2,1-5H3,(H,37,39)/b8-7-,11-10-,14-13-,17-16-,20-19-,23-22-/t33-/m1/s1. The number of carbonyl (C=O) groups excluding carboxylic acids is 2. The van der Waals surface area contributed by atoms with E-state index in [4.69, 9.17) is 9.47 Å². The number of hydrogen-bond acceptors (Lipinski definition) is 4. The number of amides is 1. The average Bonchev–Trinajstić information content (AvgIpc) is 3.03. The molecule has 230 valence electrons. The maximum atomic E-state index is 12.8. The van der Waals surface area contributed by atoms with Crippen LogP contribution in [0.1, 0.15) is 112 Å². The lowest BCUT2D eigenvalue weighted by Crippen LogP contribution is -2.48. The highest BCUT2D eigenvalue weighted by molar-refractivity contribution is 5.81. The summed E-state index contributed by atoms with van der Waals surface area (Å²) in [4.78, 5) is 24.8. The van der Waals surface area contributed by atoms with Crippen molar-refractivity contribution in [1.29, 1.82) is 0 Å². The predicted molar refractivity (Wildman–Crippen MR) is 173 cm³/mol. The summed E-state index contributed by atoms with van der Waals surface area (Å²) in [5.74, 6) is -0.278. The molecule has 1 heterocycles. The van der Waals surface area contributed by atoms with Crippen molar-refractivity contribution in [2.24, 2.45) is 5.41 Å². The zero-order valence-electron chi connectivity index (χ0n) is 26.5. The summed E-state index contributed by atoms with van der Waals surface area (Å²) < 4.78 is 11.5. The Balaban J connectivity index is 2.05. The monoisotopic (exact) mass is 567 g/mol. The molecule has 1 N–H and O–H groups in total. The number of nitrogens with one attached hydrogen (secondary N) is 1. The molecule has 0 bridgehead atoms. The van der Waals surface area contributed by atoms with Crippen molar-refractivity contribution in [3.05, 3.63) is 72.9 Å². The topological polar surface area (TPSA) is 64.6 Å². The Morgan fingerprint density at radius 2 is 1.29 bits per heavy atom. The quantitative estimate of drug-likeness (QED) is 0.0961. The Morgan fingerprint density at radius 1 is 0.780 bits per heavy atom. The van der Waals surface area contributed by atoms with E-state index in [0.717, 1.165) is 57.8 Å². The highest BCUT2D eigenvalue weighted by atomic mass is 16.5. The van der Waals surface area contributed by atoms with Crippen LogP contribution in [0.4, 0.5) is 0 Å². The van der Waals surface area contributed by atoms with Crippen LogP contribution in [0.15, 0.2) is 72.9 Å². The first-order valence-electron chi connectivity index (χ1n) is 15.7. The number of rotatable bonds is 19. The molecule has 41 heavy (non-hydrogen) atoms. The van der Waals surface area contributed by atoms with E-state index in [9.17, 15) is 9.59 Å². The zero-order chi connectivity index (χ0) is 30.2. The van der Waals surface area contributed by atoms with Crippen LogP contribution in [-0.2, 0) is 19.1 Å². The van der Waals surface area contributed by atoms with Crippen LogP contribution in [0.3, 0.4) is 0 Å². The third kappa shape index (κ3) is 19.2. The molecule has 1 fully saturated rings. The summed E-state index contributed by atoms with van der Waals surface area (Å²) in [5, 5.41) is 2.97. The van der Waals surface area contributed by atoms with E-state index in [1.54, 1.807) is 0 Å². The van der Waals surface area contributed by atoms with Crippen molar-refractivity contribution in [2.75, 3.05) is 13.2 Å². The van der Waals surface area contributed by atoms with Crippen molar-refractivity contribution < 1.29 is 19.1 Å². The molecule has 1 aliphatic heterocycles. The molecule has 0 aromatic carbocycles. The van der Waals surface area contributed by atoms with E-state index in [0.29, 0.717) is 32.4 Å². The average molecular weight is 568 g/mol. The molecule has 0 aliphatic carbocycles. The van der Waals surface area contributed by atoms with E-state index < -0.39 is 6.10 Å². The largest absolute Gasteiger partial charge is 0.466 e. The van der Waals surface area contributed by atoms with Crippen molar-refractivity contribution in [1.82, 2.24) is 5.32 Å². The highest BCUT2D eigenvalue weighted by Crippen LogP contribution is 2.38. The van der Waals surface area contributed by atoms with Crippen LogP contribution in [0.5, 0.6) is 0 Å². The summed E-state index contributed by atoms with van der Waals surface area (Å²) in [5.41, 5.74) is -0.500. The first-order valence-corrected chi connectivity index (χ1v) is 15.7. The number of esters is 1. The lowest BCUT2D eigenvalue weighted by molar-refractivity contribution is -0.155. The van der Waals surface area contributed by atoms with Crippen molar-refractivity contribution >= 4 is 11.9 Å². The number of hydrogen-bond donors (Lipinski definition) is 1. The summed E-state index contributed by atoms with van der Waals surface area (Å²) in [6, 6.07) is 0. The maximum Gasteiger partial charge on any atom is 0.306 e. The van der Waals surface area contributed by atoms with Gasteiger partial charge >= 0.3 is 5.97 Å². The minimum atomic E-state index is -0.469. The molecular weight excluding hydrogens is 510 g/mol. The van der Waals surface area contributed by atoms with Gasteiger partial charge in [0.2, 0.25) is 5.91 Å². The van der Waals surface area contributed by atoms with Gasteiger partial charge in [0, 0.05) is 18.4 Å². The lowest BCUT2D eigenvalue weighted by Gasteiger charge is -2.35. The number of carbonyl (C=O) groups is 2. The van der Waals surface area contributed by atoms with Crippen LogP contribution < -0.4 is 5.32 Å². The fourth-order valence-corrected chi connectivity index (χ4v) is 4.52. The zero-order valence-corrected chi connectivity index (χ0v) is 26.5. The van der Waals surface area contributed by atoms with Gasteiger partial charge in [-0.3, -0.25) is 9.59 Å². The van der Waals surface area contributed by atoms with E-state index in [2.05, 4.69) is 92.9 Å². The SMILES string of the molecule is CC/C=C\C/C=C\C/C=C\C/C=C\C/C=C\C/C=C\CCC(=O)OCCCNC(=O)[C@H]1OC(C)(C)CCCC1(C)C. The Kier molecular flexibility index (Phi) is 19.5. The Morgan fingerprint density at radius 3 is 1.83 bits per heavy atom. The summed E-state index contributed by atoms with van der Waals surface area (Å²) in [6.45, 7) is 11.2. The summed E-state index contributed by atoms with van der Waals surface area (Å²) in [6.07, 6.45) is 36.0. The second-order valence-electron chi connectivity index (χ2n) is 11.9. The van der Waals surface area contributed by atoms with Crippen LogP contribution in [0.25, 0.3) is 0 Å². The molecule has 0 unspecified atom stereocenters. The van der Waals surface area contributed by atoms with Gasteiger partial charge < -0.3 is 14.8 Å². The number of ether oxygens (including phenoxy) is 2. The predicted octanol–water partition coefficient (Wildman–Crippen LogP) is 8.89. The molecule has 1 aliphatic rings. The first kappa shape index (κ1) is 36.4. The van der Waals surface area contributed by atoms with E-state index in [-0.39, 0.29) is 22.9 Å². The fraction of sp³-hybridized carbons (Fsp3) is 0.611. The van der Waals surface area contributed by atoms with Gasteiger partial charge in [0.25, 0.3) is 0 Å². The molecule has 5 nitrogen and oxygen atoms in total. The summed E-state index contributed by atoms with van der Waals surface area (Å²) in [7, 11) is 0. The van der Waals surface area contributed by atoms with Crippen LogP contribution in [0, 0.1) is 5.41 Å². The second kappa shape index (κ2) is 22.0. The molecule has 1 rings (SSSR count). The molecule has 0 aromatic heterocycles. The molecular formula is C36H57NO4. The van der Waals surface area contributed by atoms with E-state index in [1.165, 1.54) is 0 Å². The van der Waals surface area contributed by atoms with Crippen molar-refractivity contribution in [2.45, 2.75) is 123 Å². The molecule has 5 heteroatoms. The molecule has 0 spiro atoms. The van der Waals surface area contributed by atoms with Gasteiger partial charge in [0.15, 0.2) is 0 Å². The molecule has 0 aromatic rings. The lowest BCUT2D eigenvalue weighted by atomic mass is 9.81. The summed E-state index contributed by atoms with van der Waals surface area (Å²) >= 11 is 0. The highest BCUT2D eigenvalue weighted by Gasteiger charge is 2.42. The molecule has 1 amide bonds. The van der Waals surface area contributed by atoms with Crippen molar-refractivity contribution in [3.63, 3.8) is 0 Å². The van der Waals surface area contributed by atoms with Gasteiger partial charge in [-0.1, -0.05) is 93.7 Å². The Hall–Kier alpha value is -2.66. The van der Waals surface area contributed by atoms with Gasteiger partial charge in [0.1, 0.15) is 6.10 Å². The Labute approximate surface area is 250 Å². The van der Waals surface area contributed by atoms with Crippen LogP contribution >= 0.6 is 0 Å². The minimum absolute atomic E-state index is 0.0750. The van der Waals surface area contributed by atoms with E-state index >= 15 is 0 Å². The van der Waals surface area contributed by atoms with Crippen LogP contribution in [-0.4, -0.2) is 36.7 Å². The second-order valence-corrected chi connectivity index (χ2v) is 11.9. The third-order valence-electron chi connectivity index (χ3n) is 6.98. The van der Waals surface area contributed by atoms with Gasteiger partial charge in [-0.15, -0.1) is 0 Å². The Bertz CT molecular complexity index is 905. The molecule has 0 saturated carbocycles. The third-order valence-corrected chi connectivity index (χ3v) is 6.98. The van der Waals surface area contributed by atoms with Crippen molar-refractivity contribution in [3.8, 4) is 0 Å². The molecule has 1 saturated heterocycles. The van der Waals surface area contributed by atoms with Gasteiger partial charge in [-0.05, 0) is 84.5 Å². The van der Waals surface area contributed by atoms with Gasteiger partial charge in [-0.25, -0.2) is 0 Å². The number of allylic oxidation sites excluding steroid dienone is 12. The fourth-order valence-electron chi connectivity index (χ4n) is 4.52. The van der Waals surface area contributed by atoms with Gasteiger partial charge in [0.05, 0.1) is 12.2 Å². The first-order chi connectivity index (χ1) is 19.7. The van der Waals surface area contributed by atoms with Crippen LogP contribution in [0.2, 0.25) is 0 Å². The maximum absolute atomic E-state index is 12.8. The molecule has 1 atom stereocenters. The smallest absolute Gasteiger partial charge is 0.306 e. The minimum Gasteiger partial charge on any atom is -0.466 e.